The van der Waals surface area contributed by atoms with Crippen molar-refractivity contribution in [1.82, 2.24) is 10.3 Å². The van der Waals surface area contributed by atoms with Crippen LogP contribution < -0.4 is 5.32 Å². The van der Waals surface area contributed by atoms with E-state index in [0.29, 0.717) is 5.01 Å². The van der Waals surface area contributed by atoms with Crippen molar-refractivity contribution in [2.24, 2.45) is 0 Å². The van der Waals surface area contributed by atoms with Crippen molar-refractivity contribution in [1.29, 1.82) is 0 Å². The Morgan fingerprint density at radius 3 is 2.50 bits per heavy atom. The third-order valence-corrected chi connectivity index (χ3v) is 2.93. The van der Waals surface area contributed by atoms with Gasteiger partial charge in [-0.25, -0.2) is 9.78 Å². The lowest BCUT2D eigenvalue weighted by Crippen LogP contribution is -2.41. The first-order valence-electron chi connectivity index (χ1n) is 5.65. The number of nitrogens with one attached hydrogen (secondary N) is 1. The first-order valence-corrected chi connectivity index (χ1v) is 6.53. The molecule has 0 spiro atoms. The molecule has 0 fully saturated rings. The number of thiazole rings is 1. The van der Waals surface area contributed by atoms with Gasteiger partial charge < -0.3 is 10.1 Å². The van der Waals surface area contributed by atoms with Gasteiger partial charge in [0.05, 0.1) is 6.04 Å². The third-order valence-electron chi connectivity index (χ3n) is 1.96. The smallest absolute Gasteiger partial charge is 0.408 e. The highest BCUT2D eigenvalue weighted by atomic mass is 32.1. The molecule has 0 radical (unpaired) electrons. The minimum Gasteiger partial charge on any atom is -0.444 e. The number of ketones is 1. The van der Waals surface area contributed by atoms with Crippen LogP contribution in [0.1, 0.15) is 43.2 Å². The predicted octanol–water partition coefficient (Wildman–Crippen LogP) is 2.55. The van der Waals surface area contributed by atoms with E-state index in [1.165, 1.54) is 11.3 Å². The number of carbonyl (C=O) groups excluding carboxylic acids is 2. The van der Waals surface area contributed by atoms with E-state index in [2.05, 4.69) is 10.3 Å². The Morgan fingerprint density at radius 2 is 2.06 bits per heavy atom. The average molecular weight is 270 g/mol. The number of alkyl carbamates (subject to hydrolysis) is 1. The van der Waals surface area contributed by atoms with Crippen LogP contribution >= 0.6 is 11.3 Å². The third kappa shape index (κ3) is 4.44. The van der Waals surface area contributed by atoms with Crippen molar-refractivity contribution in [2.75, 3.05) is 0 Å². The zero-order valence-corrected chi connectivity index (χ0v) is 12.1. The van der Waals surface area contributed by atoms with Crippen LogP contribution in [0.2, 0.25) is 0 Å². The molecule has 1 heterocycles. The average Bonchev–Trinajstić information content (AvgIpc) is 2.60. The molecule has 0 aliphatic rings. The molecule has 0 saturated heterocycles. The molecule has 5 nitrogen and oxygen atoms in total. The Bertz CT molecular complexity index is 448. The maximum absolute atomic E-state index is 11.9. The van der Waals surface area contributed by atoms with Gasteiger partial charge >= 0.3 is 6.09 Å². The minimum atomic E-state index is -0.648. The van der Waals surface area contributed by atoms with Gasteiger partial charge in [0.2, 0.25) is 5.78 Å². The summed E-state index contributed by atoms with van der Waals surface area (Å²) in [7, 11) is 0. The molecule has 0 saturated carbocycles. The summed E-state index contributed by atoms with van der Waals surface area (Å²) in [6, 6.07) is -0.648. The highest BCUT2D eigenvalue weighted by Gasteiger charge is 2.23. The Hall–Kier alpha value is -1.43. The minimum absolute atomic E-state index is 0.209. The van der Waals surface area contributed by atoms with E-state index in [4.69, 9.17) is 4.74 Å². The zero-order valence-electron chi connectivity index (χ0n) is 11.2. The second-order valence-corrected chi connectivity index (χ2v) is 5.88. The number of aromatic nitrogens is 1. The number of ether oxygens (including phenoxy) is 1. The standard InChI is InChI=1S/C12H18N2O3S/c1-7-6-18-10(13-7)9(15)8(2)14-11(16)17-12(3,4)5/h6,8H,1-5H3,(H,14,16)/t8-/m0/s1. The van der Waals surface area contributed by atoms with Crippen LogP contribution in [0.4, 0.5) is 4.79 Å². The van der Waals surface area contributed by atoms with Gasteiger partial charge in [-0.2, -0.15) is 0 Å². The van der Waals surface area contributed by atoms with E-state index in [1.807, 2.05) is 6.92 Å². The first-order chi connectivity index (χ1) is 8.19. The van der Waals surface area contributed by atoms with Crippen LogP contribution in [0.5, 0.6) is 0 Å². The molecule has 1 aromatic rings. The van der Waals surface area contributed by atoms with Gasteiger partial charge in [0, 0.05) is 11.1 Å². The summed E-state index contributed by atoms with van der Waals surface area (Å²) in [5.41, 5.74) is 0.220. The molecule has 0 aromatic carbocycles. The van der Waals surface area contributed by atoms with Crippen molar-refractivity contribution >= 4 is 23.2 Å². The van der Waals surface area contributed by atoms with Gasteiger partial charge in [-0.15, -0.1) is 11.3 Å². The molecule has 1 amide bonds. The van der Waals surface area contributed by atoms with Gasteiger partial charge in [-0.3, -0.25) is 4.79 Å². The molecule has 0 aliphatic carbocycles. The Labute approximate surface area is 111 Å². The molecule has 6 heteroatoms. The molecule has 1 aromatic heterocycles. The number of hydrogen-bond donors (Lipinski definition) is 1. The number of rotatable bonds is 3. The van der Waals surface area contributed by atoms with Crippen molar-refractivity contribution in [3.63, 3.8) is 0 Å². The Balaban J connectivity index is 2.58. The quantitative estimate of drug-likeness (QED) is 0.857. The Kier molecular flexibility index (Phi) is 4.45. The van der Waals surface area contributed by atoms with E-state index >= 15 is 0 Å². The van der Waals surface area contributed by atoms with Crippen molar-refractivity contribution in [3.8, 4) is 0 Å². The molecular formula is C12H18N2O3S. The van der Waals surface area contributed by atoms with Crippen LogP contribution in [-0.4, -0.2) is 28.5 Å². The fourth-order valence-corrected chi connectivity index (χ4v) is 2.03. The normalized spacial score (nSPS) is 12.9. The van der Waals surface area contributed by atoms with E-state index in [0.717, 1.165) is 5.69 Å². The summed E-state index contributed by atoms with van der Waals surface area (Å²) in [5, 5.41) is 4.70. The van der Waals surface area contributed by atoms with Gasteiger partial charge in [-0.05, 0) is 34.6 Å². The molecule has 0 bridgehead atoms. The molecule has 18 heavy (non-hydrogen) atoms. The number of carbonyl (C=O) groups is 2. The summed E-state index contributed by atoms with van der Waals surface area (Å²) in [6.45, 7) is 8.73. The van der Waals surface area contributed by atoms with Crippen molar-refractivity contribution in [2.45, 2.75) is 46.3 Å². The summed E-state index contributed by atoms with van der Waals surface area (Å²) >= 11 is 1.27. The van der Waals surface area contributed by atoms with Crippen molar-refractivity contribution < 1.29 is 14.3 Å². The monoisotopic (exact) mass is 270 g/mol. The zero-order chi connectivity index (χ0) is 13.9. The van der Waals surface area contributed by atoms with Gasteiger partial charge in [-0.1, -0.05) is 0 Å². The number of Topliss-reactive ketones (excluding diaryl/α,β-unsaturated/α-hetero) is 1. The maximum atomic E-state index is 11.9. The summed E-state index contributed by atoms with van der Waals surface area (Å²) in [6.07, 6.45) is -0.600. The molecule has 1 N–H and O–H groups in total. The highest BCUT2D eigenvalue weighted by molar-refractivity contribution is 7.11. The molecular weight excluding hydrogens is 252 g/mol. The van der Waals surface area contributed by atoms with E-state index in [9.17, 15) is 9.59 Å². The van der Waals surface area contributed by atoms with Crippen LogP contribution in [0.3, 0.4) is 0 Å². The number of aryl methyl sites for hydroxylation is 1. The van der Waals surface area contributed by atoms with Crippen LogP contribution in [-0.2, 0) is 4.74 Å². The molecule has 0 aliphatic heterocycles. The highest BCUT2D eigenvalue weighted by Crippen LogP contribution is 2.12. The predicted molar refractivity (Wildman–Crippen MR) is 70.0 cm³/mol. The van der Waals surface area contributed by atoms with E-state index < -0.39 is 17.7 Å². The second kappa shape index (κ2) is 5.48. The largest absolute Gasteiger partial charge is 0.444 e. The van der Waals surface area contributed by atoms with E-state index in [1.54, 1.807) is 33.1 Å². The molecule has 0 unspecified atom stereocenters. The first kappa shape index (κ1) is 14.6. The number of amides is 1. The SMILES string of the molecule is Cc1csc(C(=O)[C@H](C)NC(=O)OC(C)(C)C)n1. The lowest BCUT2D eigenvalue weighted by atomic mass is 10.2. The second-order valence-electron chi connectivity index (χ2n) is 5.03. The fourth-order valence-electron chi connectivity index (χ4n) is 1.20. The fraction of sp³-hybridized carbons (Fsp3) is 0.583. The summed E-state index contributed by atoms with van der Waals surface area (Å²) in [5.74, 6) is -0.209. The summed E-state index contributed by atoms with van der Waals surface area (Å²) < 4.78 is 5.08. The molecule has 100 valence electrons. The topological polar surface area (TPSA) is 68.3 Å². The van der Waals surface area contributed by atoms with Gasteiger partial charge in [0.25, 0.3) is 0 Å². The molecule has 1 atom stereocenters. The van der Waals surface area contributed by atoms with Crippen LogP contribution in [0.25, 0.3) is 0 Å². The maximum Gasteiger partial charge on any atom is 0.408 e. The number of nitrogens with zero attached hydrogens (tertiary/aromatic N) is 1. The summed E-state index contributed by atoms with van der Waals surface area (Å²) in [4.78, 5) is 27.5. The van der Waals surface area contributed by atoms with Crippen molar-refractivity contribution in [3.05, 3.63) is 16.1 Å². The van der Waals surface area contributed by atoms with Gasteiger partial charge in [0.15, 0.2) is 5.01 Å². The van der Waals surface area contributed by atoms with Gasteiger partial charge in [0.1, 0.15) is 5.60 Å². The van der Waals surface area contributed by atoms with E-state index in [-0.39, 0.29) is 5.78 Å². The molecule has 1 rings (SSSR count). The number of hydrogen-bond acceptors (Lipinski definition) is 5. The lowest BCUT2D eigenvalue weighted by molar-refractivity contribution is 0.0497. The van der Waals surface area contributed by atoms with Crippen LogP contribution in [0, 0.1) is 6.92 Å². The van der Waals surface area contributed by atoms with Crippen LogP contribution in [0.15, 0.2) is 5.38 Å². The lowest BCUT2D eigenvalue weighted by Gasteiger charge is -2.21. The Morgan fingerprint density at radius 1 is 1.44 bits per heavy atom.